The van der Waals surface area contributed by atoms with Gasteiger partial charge in [-0.25, -0.2) is 9.59 Å². The largest absolute Gasteiger partial charge is 0.508 e. The Morgan fingerprint density at radius 2 is 1.93 bits per heavy atom. The van der Waals surface area contributed by atoms with Gasteiger partial charge in [0, 0.05) is 22.6 Å². The van der Waals surface area contributed by atoms with Crippen LogP contribution in [0.5, 0.6) is 17.2 Å². The zero-order valence-corrected chi connectivity index (χ0v) is 15.1. The van der Waals surface area contributed by atoms with Crippen molar-refractivity contribution in [2.24, 2.45) is 0 Å². The molecular weight excluding hydrogens is 352 g/mol. The number of esters is 1. The lowest BCUT2D eigenvalue weighted by molar-refractivity contribution is 0.0469. The molecule has 1 heterocycles. The van der Waals surface area contributed by atoms with E-state index >= 15 is 0 Å². The number of carbonyl (C=O) groups excluding carboxylic acids is 1. The fourth-order valence-corrected chi connectivity index (χ4v) is 2.80. The molecule has 7 heteroatoms. The van der Waals surface area contributed by atoms with Gasteiger partial charge in [0.25, 0.3) is 0 Å². The van der Waals surface area contributed by atoms with Gasteiger partial charge >= 0.3 is 11.6 Å². The number of carbonyl (C=O) groups is 1. The Bertz CT molecular complexity index is 1070. The van der Waals surface area contributed by atoms with Crippen molar-refractivity contribution < 1.29 is 28.5 Å². The Balaban J connectivity index is 1.93. The lowest BCUT2D eigenvalue weighted by Crippen LogP contribution is -2.10. The van der Waals surface area contributed by atoms with E-state index in [2.05, 4.69) is 0 Å². The van der Waals surface area contributed by atoms with Crippen molar-refractivity contribution in [1.29, 1.82) is 0 Å². The van der Waals surface area contributed by atoms with E-state index < -0.39 is 11.6 Å². The fraction of sp³-hybridized carbons (Fsp3) is 0.200. The van der Waals surface area contributed by atoms with E-state index in [1.807, 2.05) is 0 Å². The van der Waals surface area contributed by atoms with Gasteiger partial charge in [-0.15, -0.1) is 0 Å². The van der Waals surface area contributed by atoms with Gasteiger partial charge in [0.2, 0.25) is 0 Å². The van der Waals surface area contributed by atoms with E-state index in [4.69, 9.17) is 18.6 Å². The average Bonchev–Trinajstić information content (AvgIpc) is 2.68. The van der Waals surface area contributed by atoms with Crippen LogP contribution in [0.2, 0.25) is 0 Å². The van der Waals surface area contributed by atoms with Crippen LogP contribution in [0.15, 0.2) is 45.6 Å². The molecule has 3 rings (SSSR count). The summed E-state index contributed by atoms with van der Waals surface area (Å²) in [5, 5.41) is 10.4. The van der Waals surface area contributed by atoms with Gasteiger partial charge in [0.05, 0.1) is 14.2 Å². The van der Waals surface area contributed by atoms with E-state index in [0.29, 0.717) is 22.3 Å². The summed E-state index contributed by atoms with van der Waals surface area (Å²) in [6.07, 6.45) is 0. The maximum atomic E-state index is 12.5. The maximum absolute atomic E-state index is 12.5. The molecule has 0 aliphatic rings. The van der Waals surface area contributed by atoms with E-state index in [-0.39, 0.29) is 29.3 Å². The van der Waals surface area contributed by atoms with Crippen LogP contribution in [0.1, 0.15) is 21.5 Å². The van der Waals surface area contributed by atoms with E-state index in [1.165, 1.54) is 26.4 Å². The molecule has 0 saturated carbocycles. The first-order chi connectivity index (χ1) is 13.0. The van der Waals surface area contributed by atoms with Gasteiger partial charge in [-0.3, -0.25) is 0 Å². The molecule has 0 bridgehead atoms. The zero-order chi connectivity index (χ0) is 19.6. The Morgan fingerprint density at radius 3 is 2.63 bits per heavy atom. The summed E-state index contributed by atoms with van der Waals surface area (Å²) in [6, 6.07) is 9.24. The van der Waals surface area contributed by atoms with Gasteiger partial charge < -0.3 is 23.7 Å². The van der Waals surface area contributed by atoms with Crippen molar-refractivity contribution in [2.45, 2.75) is 13.5 Å². The second-order valence-electron chi connectivity index (χ2n) is 5.79. The van der Waals surface area contributed by atoms with Crippen LogP contribution in [-0.4, -0.2) is 25.3 Å². The lowest BCUT2D eigenvalue weighted by atomic mass is 10.1. The highest BCUT2D eigenvalue weighted by Crippen LogP contribution is 2.32. The van der Waals surface area contributed by atoms with Crippen LogP contribution in [0.25, 0.3) is 11.0 Å². The highest BCUT2D eigenvalue weighted by molar-refractivity contribution is 5.94. The highest BCUT2D eigenvalue weighted by Gasteiger charge is 2.19. The minimum absolute atomic E-state index is 0.0147. The van der Waals surface area contributed by atoms with Crippen LogP contribution in [0.3, 0.4) is 0 Å². The van der Waals surface area contributed by atoms with Crippen molar-refractivity contribution in [3.8, 4) is 17.2 Å². The number of fused-ring (bicyclic) bond motifs is 1. The van der Waals surface area contributed by atoms with Crippen LogP contribution in [0, 0.1) is 6.92 Å². The standard InChI is InChI=1S/C20H18O7/c1-11-15(21)8-7-13-12(9-17(22)27-18(11)13)10-26-20(23)14-5-4-6-16(24-2)19(14)25-3/h4-9,21H,10H2,1-3H3. The molecule has 3 aromatic rings. The van der Waals surface area contributed by atoms with Crippen LogP contribution in [0.4, 0.5) is 0 Å². The molecule has 2 aromatic carbocycles. The fourth-order valence-electron chi connectivity index (χ4n) is 2.80. The molecule has 0 fully saturated rings. The molecule has 0 saturated heterocycles. The summed E-state index contributed by atoms with van der Waals surface area (Å²) < 4.78 is 21.0. The second-order valence-corrected chi connectivity index (χ2v) is 5.79. The zero-order valence-electron chi connectivity index (χ0n) is 15.1. The Kier molecular flexibility index (Phi) is 5.03. The Labute approximate surface area is 154 Å². The van der Waals surface area contributed by atoms with E-state index in [9.17, 15) is 14.7 Å². The molecule has 0 spiro atoms. The normalized spacial score (nSPS) is 10.6. The Morgan fingerprint density at radius 1 is 1.15 bits per heavy atom. The summed E-state index contributed by atoms with van der Waals surface area (Å²) in [4.78, 5) is 24.3. The van der Waals surface area contributed by atoms with Crippen molar-refractivity contribution in [1.82, 2.24) is 0 Å². The van der Waals surface area contributed by atoms with Gasteiger partial charge in [-0.05, 0) is 31.2 Å². The number of rotatable bonds is 5. The first-order valence-electron chi connectivity index (χ1n) is 8.09. The van der Waals surface area contributed by atoms with Gasteiger partial charge in [-0.1, -0.05) is 6.07 Å². The number of phenolic OH excluding ortho intramolecular Hbond substituents is 1. The topological polar surface area (TPSA) is 95.2 Å². The molecule has 0 aliphatic carbocycles. The van der Waals surface area contributed by atoms with Crippen molar-refractivity contribution in [3.05, 3.63) is 63.5 Å². The summed E-state index contributed by atoms with van der Waals surface area (Å²) in [6.45, 7) is 1.49. The van der Waals surface area contributed by atoms with Gasteiger partial charge in [0.15, 0.2) is 11.5 Å². The average molecular weight is 370 g/mol. The van der Waals surface area contributed by atoms with Crippen molar-refractivity contribution in [2.75, 3.05) is 14.2 Å². The van der Waals surface area contributed by atoms with Crippen LogP contribution >= 0.6 is 0 Å². The molecule has 0 atom stereocenters. The summed E-state index contributed by atoms with van der Waals surface area (Å²) in [7, 11) is 2.90. The number of ether oxygens (including phenoxy) is 3. The smallest absolute Gasteiger partial charge is 0.342 e. The summed E-state index contributed by atoms with van der Waals surface area (Å²) in [5.74, 6) is 0.0654. The molecule has 0 radical (unpaired) electrons. The SMILES string of the molecule is COc1cccc(C(=O)OCc2cc(=O)oc3c(C)c(O)ccc23)c1OC. The molecule has 7 nitrogen and oxygen atoms in total. The third-order valence-electron chi connectivity index (χ3n) is 4.20. The van der Waals surface area contributed by atoms with Gasteiger partial charge in [0.1, 0.15) is 23.5 Å². The van der Waals surface area contributed by atoms with Crippen LogP contribution in [-0.2, 0) is 11.3 Å². The van der Waals surface area contributed by atoms with E-state index in [0.717, 1.165) is 0 Å². The van der Waals surface area contributed by atoms with Crippen molar-refractivity contribution in [3.63, 3.8) is 0 Å². The molecule has 140 valence electrons. The third kappa shape index (κ3) is 3.44. The minimum atomic E-state index is -0.623. The number of phenols is 1. The van der Waals surface area contributed by atoms with Crippen molar-refractivity contribution >= 4 is 16.9 Å². The minimum Gasteiger partial charge on any atom is -0.508 e. The Hall–Kier alpha value is -3.48. The highest BCUT2D eigenvalue weighted by atomic mass is 16.5. The predicted molar refractivity (Wildman–Crippen MR) is 97.6 cm³/mol. The molecule has 0 aliphatic heterocycles. The number of hydrogen-bond donors (Lipinski definition) is 1. The number of aromatic hydroxyl groups is 1. The third-order valence-corrected chi connectivity index (χ3v) is 4.20. The number of para-hydroxylation sites is 1. The molecular formula is C20H18O7. The van der Waals surface area contributed by atoms with E-state index in [1.54, 1.807) is 31.2 Å². The first kappa shape index (κ1) is 18.3. The quantitative estimate of drug-likeness (QED) is 0.544. The molecule has 1 aromatic heterocycles. The number of methoxy groups -OCH3 is 2. The number of benzene rings is 2. The molecule has 0 amide bonds. The monoisotopic (exact) mass is 370 g/mol. The van der Waals surface area contributed by atoms with Gasteiger partial charge in [-0.2, -0.15) is 0 Å². The molecule has 0 unspecified atom stereocenters. The molecule has 27 heavy (non-hydrogen) atoms. The summed E-state index contributed by atoms with van der Waals surface area (Å²) >= 11 is 0. The first-order valence-corrected chi connectivity index (χ1v) is 8.09. The molecule has 1 N–H and O–H groups in total. The summed E-state index contributed by atoms with van der Waals surface area (Å²) in [5.41, 5.74) is 0.776. The maximum Gasteiger partial charge on any atom is 0.342 e. The number of aryl methyl sites for hydroxylation is 1. The predicted octanol–water partition coefficient (Wildman–Crippen LogP) is 3.18. The second kappa shape index (κ2) is 7.41. The number of hydrogen-bond acceptors (Lipinski definition) is 7. The lowest BCUT2D eigenvalue weighted by Gasteiger charge is -2.13. The van der Waals surface area contributed by atoms with Crippen LogP contribution < -0.4 is 15.1 Å².